The second-order valence-electron chi connectivity index (χ2n) is 6.37. The number of rotatable bonds is 3. The third kappa shape index (κ3) is 2.91. The number of hydrogen-bond acceptors (Lipinski definition) is 6. The van der Waals surface area contributed by atoms with E-state index in [2.05, 4.69) is 0 Å². The summed E-state index contributed by atoms with van der Waals surface area (Å²) in [5, 5.41) is 0. The number of aryl methyl sites for hydroxylation is 2. The number of cyclic esters (lactones) is 1. The van der Waals surface area contributed by atoms with Crippen molar-refractivity contribution in [1.29, 1.82) is 0 Å². The van der Waals surface area contributed by atoms with Crippen molar-refractivity contribution in [1.82, 2.24) is 0 Å². The second-order valence-corrected chi connectivity index (χ2v) is 7.42. The summed E-state index contributed by atoms with van der Waals surface area (Å²) in [4.78, 5) is 25.7. The Bertz CT molecular complexity index is 853. The predicted octanol–water partition coefficient (Wildman–Crippen LogP) is 3.38. The molecule has 1 aliphatic heterocycles. The van der Waals surface area contributed by atoms with Gasteiger partial charge in [0.25, 0.3) is 0 Å². The lowest BCUT2D eigenvalue weighted by molar-refractivity contribution is -0.147. The van der Waals surface area contributed by atoms with Crippen LogP contribution in [0.4, 0.5) is 0 Å². The Morgan fingerprint density at radius 3 is 2.76 bits per heavy atom. The number of thiophene rings is 1. The molecule has 2 heterocycles. The molecule has 0 unspecified atom stereocenters. The molecule has 4 rings (SSSR count). The molecule has 1 aromatic carbocycles. The van der Waals surface area contributed by atoms with Gasteiger partial charge in [0.05, 0.1) is 7.11 Å². The predicted molar refractivity (Wildman–Crippen MR) is 93.1 cm³/mol. The van der Waals surface area contributed by atoms with Crippen LogP contribution in [0.3, 0.4) is 0 Å². The van der Waals surface area contributed by atoms with Gasteiger partial charge in [-0.2, -0.15) is 0 Å². The molecule has 1 saturated heterocycles. The zero-order chi connectivity index (χ0) is 17.6. The van der Waals surface area contributed by atoms with Crippen molar-refractivity contribution < 1.29 is 23.8 Å². The molecule has 0 radical (unpaired) electrons. The molecule has 1 aromatic heterocycles. The SMILES string of the molecule is COc1ccc2c(c1)CCc1cc(C(=O)O[C@@H]3C[C@H](C)OC3=O)sc1-2. The summed E-state index contributed by atoms with van der Waals surface area (Å²) in [5.41, 5.74) is 3.51. The van der Waals surface area contributed by atoms with E-state index in [4.69, 9.17) is 14.2 Å². The second kappa shape index (κ2) is 6.19. The topological polar surface area (TPSA) is 61.8 Å². The molecule has 0 saturated carbocycles. The van der Waals surface area contributed by atoms with Crippen molar-refractivity contribution in [3.63, 3.8) is 0 Å². The minimum atomic E-state index is -0.793. The number of benzene rings is 1. The molecular weight excluding hydrogens is 340 g/mol. The fourth-order valence-corrected chi connectivity index (χ4v) is 4.49. The van der Waals surface area contributed by atoms with Gasteiger partial charge in [0.1, 0.15) is 16.7 Å². The van der Waals surface area contributed by atoms with E-state index in [9.17, 15) is 9.59 Å². The maximum absolute atomic E-state index is 12.4. The first-order valence-electron chi connectivity index (χ1n) is 8.26. The zero-order valence-corrected chi connectivity index (χ0v) is 14.9. The van der Waals surface area contributed by atoms with E-state index < -0.39 is 18.0 Å². The van der Waals surface area contributed by atoms with Gasteiger partial charge in [0.15, 0.2) is 0 Å². The smallest absolute Gasteiger partial charge is 0.349 e. The summed E-state index contributed by atoms with van der Waals surface area (Å²) < 4.78 is 15.7. The van der Waals surface area contributed by atoms with Crippen LogP contribution < -0.4 is 4.74 Å². The van der Waals surface area contributed by atoms with Gasteiger partial charge in [0, 0.05) is 11.3 Å². The van der Waals surface area contributed by atoms with Crippen LogP contribution in [0.1, 0.15) is 34.1 Å². The number of carbonyl (C=O) groups is 2. The van der Waals surface area contributed by atoms with E-state index in [1.165, 1.54) is 16.9 Å². The Kier molecular flexibility index (Phi) is 4.00. The minimum Gasteiger partial charge on any atom is -0.497 e. The van der Waals surface area contributed by atoms with Gasteiger partial charge in [-0.1, -0.05) is 0 Å². The van der Waals surface area contributed by atoms with Gasteiger partial charge in [-0.05, 0) is 60.7 Å². The molecule has 1 aliphatic carbocycles. The lowest BCUT2D eigenvalue weighted by Gasteiger charge is -2.16. The average molecular weight is 358 g/mol. The molecule has 130 valence electrons. The molecule has 0 amide bonds. The van der Waals surface area contributed by atoms with Crippen LogP contribution >= 0.6 is 11.3 Å². The zero-order valence-electron chi connectivity index (χ0n) is 14.0. The maximum atomic E-state index is 12.4. The Labute approximate surface area is 149 Å². The highest BCUT2D eigenvalue weighted by Gasteiger charge is 2.35. The molecule has 0 N–H and O–H groups in total. The number of esters is 2. The van der Waals surface area contributed by atoms with E-state index in [-0.39, 0.29) is 6.10 Å². The minimum absolute atomic E-state index is 0.205. The Morgan fingerprint density at radius 1 is 1.24 bits per heavy atom. The van der Waals surface area contributed by atoms with Crippen molar-refractivity contribution in [2.24, 2.45) is 0 Å². The van der Waals surface area contributed by atoms with E-state index in [1.807, 2.05) is 24.3 Å². The molecule has 0 bridgehead atoms. The molecule has 1 fully saturated rings. The maximum Gasteiger partial charge on any atom is 0.349 e. The standard InChI is InChI=1S/C19H18O5S/c1-10-7-15(18(20)23-10)24-19(21)16-9-12-4-3-11-8-13(22-2)5-6-14(11)17(12)25-16/h5-6,8-10,15H,3-4,7H2,1-2H3/t10-,15+/m0/s1. The number of ether oxygens (including phenoxy) is 3. The Hall–Kier alpha value is -2.34. The highest BCUT2D eigenvalue weighted by molar-refractivity contribution is 7.17. The third-order valence-corrected chi connectivity index (χ3v) is 5.80. The number of fused-ring (bicyclic) bond motifs is 3. The fraction of sp³-hybridized carbons (Fsp3) is 0.368. The first kappa shape index (κ1) is 16.1. The highest BCUT2D eigenvalue weighted by Crippen LogP contribution is 2.41. The molecule has 0 spiro atoms. The Morgan fingerprint density at radius 2 is 2.04 bits per heavy atom. The van der Waals surface area contributed by atoms with Gasteiger partial charge in [-0.15, -0.1) is 11.3 Å². The molecule has 2 aliphatic rings. The van der Waals surface area contributed by atoms with Gasteiger partial charge < -0.3 is 14.2 Å². The van der Waals surface area contributed by atoms with E-state index >= 15 is 0 Å². The monoisotopic (exact) mass is 358 g/mol. The summed E-state index contributed by atoms with van der Waals surface area (Å²) in [6, 6.07) is 7.90. The quantitative estimate of drug-likeness (QED) is 0.787. The van der Waals surface area contributed by atoms with Crippen LogP contribution in [0.5, 0.6) is 5.75 Å². The summed E-state index contributed by atoms with van der Waals surface area (Å²) in [7, 11) is 1.66. The van der Waals surface area contributed by atoms with Crippen LogP contribution in [-0.2, 0) is 27.1 Å². The van der Waals surface area contributed by atoms with Gasteiger partial charge in [-0.25, -0.2) is 9.59 Å². The average Bonchev–Trinajstić information content (AvgIpc) is 3.17. The van der Waals surface area contributed by atoms with Crippen LogP contribution in [0.25, 0.3) is 10.4 Å². The normalized spacial score (nSPS) is 21.3. The van der Waals surface area contributed by atoms with E-state index in [0.717, 1.165) is 34.6 Å². The van der Waals surface area contributed by atoms with Crippen molar-refractivity contribution in [3.8, 4) is 16.2 Å². The molecule has 25 heavy (non-hydrogen) atoms. The lowest BCUT2D eigenvalue weighted by atomic mass is 9.91. The van der Waals surface area contributed by atoms with Gasteiger partial charge >= 0.3 is 11.9 Å². The molecule has 2 aromatic rings. The summed E-state index contributed by atoms with van der Waals surface area (Å²) >= 11 is 1.42. The van der Waals surface area contributed by atoms with Crippen molar-refractivity contribution in [2.45, 2.75) is 38.4 Å². The molecule has 5 nitrogen and oxygen atoms in total. The van der Waals surface area contributed by atoms with Crippen LogP contribution in [0.15, 0.2) is 24.3 Å². The number of hydrogen-bond donors (Lipinski definition) is 0. The molecular formula is C19H18O5S. The molecule has 2 atom stereocenters. The van der Waals surface area contributed by atoms with Gasteiger partial charge in [-0.3, -0.25) is 0 Å². The first-order chi connectivity index (χ1) is 12.0. The van der Waals surface area contributed by atoms with Crippen LogP contribution in [0, 0.1) is 0 Å². The first-order valence-corrected chi connectivity index (χ1v) is 9.08. The Balaban J connectivity index is 1.59. The van der Waals surface area contributed by atoms with Crippen molar-refractivity contribution in [2.75, 3.05) is 7.11 Å². The van der Waals surface area contributed by atoms with E-state index in [0.29, 0.717) is 11.3 Å². The third-order valence-electron chi connectivity index (χ3n) is 4.61. The van der Waals surface area contributed by atoms with Gasteiger partial charge in [0.2, 0.25) is 6.10 Å². The highest BCUT2D eigenvalue weighted by atomic mass is 32.1. The lowest BCUT2D eigenvalue weighted by Crippen LogP contribution is -2.22. The fourth-order valence-electron chi connectivity index (χ4n) is 3.34. The summed E-state index contributed by atoms with van der Waals surface area (Å²) in [6.07, 6.45) is 1.21. The van der Waals surface area contributed by atoms with Crippen LogP contribution in [0.2, 0.25) is 0 Å². The van der Waals surface area contributed by atoms with E-state index in [1.54, 1.807) is 14.0 Å². The summed E-state index contributed by atoms with van der Waals surface area (Å²) in [6.45, 7) is 1.79. The van der Waals surface area contributed by atoms with Crippen LogP contribution in [-0.4, -0.2) is 31.3 Å². The number of methoxy groups -OCH3 is 1. The summed E-state index contributed by atoms with van der Waals surface area (Å²) in [5.74, 6) is -0.0719. The van der Waals surface area contributed by atoms with Crippen molar-refractivity contribution in [3.05, 3.63) is 40.3 Å². The largest absolute Gasteiger partial charge is 0.497 e. The number of carbonyl (C=O) groups excluding carboxylic acids is 2. The molecule has 6 heteroatoms. The van der Waals surface area contributed by atoms with Crippen molar-refractivity contribution >= 4 is 23.3 Å².